The molecule has 2 aliphatic heterocycles. The molecular formula is C26H32N4O4. The van der Waals surface area contributed by atoms with Crippen LogP contribution in [0.5, 0.6) is 11.5 Å². The number of nitrogens with two attached hydrogens (primary N) is 1. The Morgan fingerprint density at radius 2 is 1.62 bits per heavy atom. The van der Waals surface area contributed by atoms with E-state index in [1.807, 2.05) is 31.2 Å². The smallest absolute Gasteiger partial charge is 0.176 e. The number of hydrogen-bond donors (Lipinski definition) is 1. The van der Waals surface area contributed by atoms with Gasteiger partial charge in [-0.05, 0) is 55.5 Å². The molecule has 0 aliphatic carbocycles. The van der Waals surface area contributed by atoms with Crippen LogP contribution in [0.2, 0.25) is 0 Å². The number of rotatable bonds is 10. The van der Waals surface area contributed by atoms with Gasteiger partial charge >= 0.3 is 0 Å². The van der Waals surface area contributed by atoms with E-state index < -0.39 is 0 Å². The van der Waals surface area contributed by atoms with Gasteiger partial charge in [-0.3, -0.25) is 14.6 Å². The summed E-state index contributed by atoms with van der Waals surface area (Å²) < 4.78 is 17.4. The maximum absolute atomic E-state index is 12.8. The maximum Gasteiger partial charge on any atom is 0.176 e. The van der Waals surface area contributed by atoms with E-state index in [4.69, 9.17) is 25.2 Å². The fourth-order valence-electron chi connectivity index (χ4n) is 4.55. The van der Waals surface area contributed by atoms with E-state index in [-0.39, 0.29) is 24.0 Å². The molecule has 3 atom stereocenters. The molecule has 8 heteroatoms. The van der Waals surface area contributed by atoms with Crippen LogP contribution in [0.1, 0.15) is 22.8 Å². The molecule has 2 saturated heterocycles. The molecule has 2 bridgehead atoms. The number of carbonyl (C=O) groups is 1. The third-order valence-corrected chi connectivity index (χ3v) is 6.03. The molecule has 180 valence electrons. The number of Topliss-reactive ketones (excluding diaryl/α,β-unsaturated/α-hetero) is 1. The number of carbonyl (C=O) groups excluding carboxylic acids is 1. The average Bonchev–Trinajstić information content (AvgIpc) is 2.83. The van der Waals surface area contributed by atoms with E-state index >= 15 is 0 Å². The minimum atomic E-state index is -0.133. The van der Waals surface area contributed by atoms with Gasteiger partial charge < -0.3 is 19.9 Å². The minimum Gasteiger partial charge on any atom is -0.494 e. The number of nitrogens with zero attached hydrogens (tertiary/aromatic N) is 3. The Morgan fingerprint density at radius 3 is 2.24 bits per heavy atom. The Bertz CT molecular complexity index is 975. The second-order valence-corrected chi connectivity index (χ2v) is 8.88. The molecule has 2 fully saturated rings. The minimum absolute atomic E-state index is 0.0623. The molecule has 0 radical (unpaired) electrons. The lowest BCUT2D eigenvalue weighted by molar-refractivity contribution is -0.137. The zero-order chi connectivity index (χ0) is 23.9. The summed E-state index contributed by atoms with van der Waals surface area (Å²) in [7, 11) is 0. The van der Waals surface area contributed by atoms with Gasteiger partial charge in [0, 0.05) is 38.3 Å². The molecule has 2 N–H and O–H groups in total. The molecule has 2 aliphatic rings. The lowest BCUT2D eigenvalue weighted by atomic mass is 10.1. The van der Waals surface area contributed by atoms with Crippen LogP contribution in [0.4, 0.5) is 0 Å². The van der Waals surface area contributed by atoms with Gasteiger partial charge in [0.2, 0.25) is 0 Å². The van der Waals surface area contributed by atoms with Crippen LogP contribution in [0, 0.1) is 11.3 Å². The van der Waals surface area contributed by atoms with Crippen molar-refractivity contribution in [1.29, 1.82) is 5.26 Å². The van der Waals surface area contributed by atoms with Crippen molar-refractivity contribution in [2.24, 2.45) is 5.73 Å². The first-order valence-electron chi connectivity index (χ1n) is 11.8. The van der Waals surface area contributed by atoms with Gasteiger partial charge in [-0.25, -0.2) is 0 Å². The number of nitriles is 1. The SMILES string of the molecule is CCOc1ccc(C(=O)CN2CC3CN(CC(N)COc4ccc(C#N)cc4)CC(C2)O3)cc1. The van der Waals surface area contributed by atoms with Crippen LogP contribution < -0.4 is 15.2 Å². The predicted octanol–water partition coefficient (Wildman–Crippen LogP) is 1.93. The molecule has 0 spiro atoms. The molecule has 0 amide bonds. The molecule has 3 unspecified atom stereocenters. The summed E-state index contributed by atoms with van der Waals surface area (Å²) in [6, 6.07) is 16.3. The Labute approximate surface area is 200 Å². The summed E-state index contributed by atoms with van der Waals surface area (Å²) in [4.78, 5) is 17.3. The number of morpholine rings is 2. The molecule has 0 aromatic heterocycles. The first-order valence-corrected chi connectivity index (χ1v) is 11.8. The average molecular weight is 465 g/mol. The topological polar surface area (TPSA) is 101 Å². The Hall–Kier alpha value is -2.96. The summed E-state index contributed by atoms with van der Waals surface area (Å²) in [5.74, 6) is 1.60. The molecular weight excluding hydrogens is 432 g/mol. The first kappa shape index (κ1) is 24.2. The van der Waals surface area contributed by atoms with E-state index in [1.165, 1.54) is 0 Å². The van der Waals surface area contributed by atoms with Crippen molar-refractivity contribution in [2.75, 3.05) is 52.5 Å². The molecule has 34 heavy (non-hydrogen) atoms. The zero-order valence-corrected chi connectivity index (χ0v) is 19.6. The molecule has 2 heterocycles. The van der Waals surface area contributed by atoms with Gasteiger partial charge in [0.15, 0.2) is 5.78 Å². The van der Waals surface area contributed by atoms with Crippen molar-refractivity contribution in [2.45, 2.75) is 25.2 Å². The molecule has 0 saturated carbocycles. The van der Waals surface area contributed by atoms with Gasteiger partial charge in [-0.2, -0.15) is 5.26 Å². The molecule has 8 nitrogen and oxygen atoms in total. The molecule has 2 aromatic carbocycles. The van der Waals surface area contributed by atoms with Crippen molar-refractivity contribution in [3.63, 3.8) is 0 Å². The van der Waals surface area contributed by atoms with Gasteiger partial charge in [-0.15, -0.1) is 0 Å². The zero-order valence-electron chi connectivity index (χ0n) is 19.6. The summed E-state index contributed by atoms with van der Waals surface area (Å²) in [6.45, 7) is 7.09. The number of benzene rings is 2. The largest absolute Gasteiger partial charge is 0.494 e. The fraction of sp³-hybridized carbons (Fsp3) is 0.462. The second kappa shape index (κ2) is 11.4. The van der Waals surface area contributed by atoms with Crippen LogP contribution >= 0.6 is 0 Å². The highest BCUT2D eigenvalue weighted by atomic mass is 16.5. The van der Waals surface area contributed by atoms with E-state index in [2.05, 4.69) is 15.9 Å². The molecule has 2 aromatic rings. The highest BCUT2D eigenvalue weighted by molar-refractivity contribution is 5.97. The van der Waals surface area contributed by atoms with Crippen LogP contribution in [0.15, 0.2) is 48.5 Å². The van der Waals surface area contributed by atoms with Crippen LogP contribution in [-0.4, -0.2) is 86.3 Å². The third kappa shape index (κ3) is 6.55. The van der Waals surface area contributed by atoms with Crippen molar-refractivity contribution in [3.05, 3.63) is 59.7 Å². The van der Waals surface area contributed by atoms with Gasteiger partial charge in [0.1, 0.15) is 18.1 Å². The monoisotopic (exact) mass is 464 g/mol. The van der Waals surface area contributed by atoms with Crippen LogP contribution in [0.3, 0.4) is 0 Å². The van der Waals surface area contributed by atoms with E-state index in [9.17, 15) is 4.79 Å². The van der Waals surface area contributed by atoms with Gasteiger partial charge in [0.25, 0.3) is 0 Å². The summed E-state index contributed by atoms with van der Waals surface area (Å²) in [5.41, 5.74) is 7.63. The standard InChI is InChI=1S/C26H32N4O4/c1-2-32-22-9-5-20(6-10-22)26(31)17-30-15-24-13-29(14-25(16-30)34-24)12-21(28)18-33-23-7-3-19(11-27)4-8-23/h3-10,21,24-25H,2,12-18,28H2,1H3. The van der Waals surface area contributed by atoms with Crippen LogP contribution in [0.25, 0.3) is 0 Å². The van der Waals surface area contributed by atoms with E-state index in [1.54, 1.807) is 24.3 Å². The Morgan fingerprint density at radius 1 is 1.03 bits per heavy atom. The third-order valence-electron chi connectivity index (χ3n) is 6.03. The highest BCUT2D eigenvalue weighted by Crippen LogP contribution is 2.20. The summed E-state index contributed by atoms with van der Waals surface area (Å²) in [6.07, 6.45) is 0.125. The van der Waals surface area contributed by atoms with E-state index in [0.717, 1.165) is 38.5 Å². The normalized spacial score (nSPS) is 21.4. The number of hydrogen-bond acceptors (Lipinski definition) is 8. The number of ketones is 1. The number of fused-ring (bicyclic) bond motifs is 2. The molecule has 4 rings (SSSR count). The van der Waals surface area contributed by atoms with Crippen molar-refractivity contribution >= 4 is 5.78 Å². The van der Waals surface area contributed by atoms with Crippen LogP contribution in [-0.2, 0) is 4.74 Å². The highest BCUT2D eigenvalue weighted by Gasteiger charge is 2.35. The van der Waals surface area contributed by atoms with Crippen molar-refractivity contribution in [3.8, 4) is 17.6 Å². The van der Waals surface area contributed by atoms with Crippen molar-refractivity contribution in [1.82, 2.24) is 9.80 Å². The fourth-order valence-corrected chi connectivity index (χ4v) is 4.55. The number of ether oxygens (including phenoxy) is 3. The first-order chi connectivity index (χ1) is 16.5. The lowest BCUT2D eigenvalue weighted by Crippen LogP contribution is -2.61. The predicted molar refractivity (Wildman–Crippen MR) is 128 cm³/mol. The van der Waals surface area contributed by atoms with Gasteiger partial charge in [0.05, 0.1) is 43.0 Å². The Balaban J connectivity index is 1.22. The van der Waals surface area contributed by atoms with Gasteiger partial charge in [-0.1, -0.05) is 0 Å². The summed E-state index contributed by atoms with van der Waals surface area (Å²) >= 11 is 0. The Kier molecular flexibility index (Phi) is 8.14. The summed E-state index contributed by atoms with van der Waals surface area (Å²) in [5, 5.41) is 8.88. The maximum atomic E-state index is 12.8. The second-order valence-electron chi connectivity index (χ2n) is 8.88. The van der Waals surface area contributed by atoms with E-state index in [0.29, 0.717) is 36.6 Å². The van der Waals surface area contributed by atoms with Crippen molar-refractivity contribution < 1.29 is 19.0 Å². The quantitative estimate of drug-likeness (QED) is 0.533. The lowest BCUT2D eigenvalue weighted by Gasteiger charge is -2.46.